The molecule has 0 spiro atoms. The molecular weight excluding hydrogens is 637 g/mol. The van der Waals surface area contributed by atoms with E-state index in [-0.39, 0.29) is 28.3 Å². The van der Waals surface area contributed by atoms with Gasteiger partial charge in [0.15, 0.2) is 9.84 Å². The number of rotatable bonds is 8. The van der Waals surface area contributed by atoms with Gasteiger partial charge in [0.2, 0.25) is 0 Å². The average Bonchev–Trinajstić information content (AvgIpc) is 3.63. The molecule has 252 valence electrons. The number of aromatic nitrogens is 1. The van der Waals surface area contributed by atoms with Crippen LogP contribution in [0.2, 0.25) is 0 Å². The number of alkyl halides is 3. The molecule has 3 aromatic carbocycles. The molecule has 1 saturated carbocycles. The van der Waals surface area contributed by atoms with Crippen molar-refractivity contribution >= 4 is 26.6 Å². The Bertz CT molecular complexity index is 1950. The normalized spacial score (nSPS) is 19.1. The Kier molecular flexibility index (Phi) is 8.58. The van der Waals surface area contributed by atoms with Gasteiger partial charge in [-0.15, -0.1) is 0 Å². The quantitative estimate of drug-likeness (QED) is 0.221. The van der Waals surface area contributed by atoms with Crippen LogP contribution in [0.4, 0.5) is 13.2 Å². The molecule has 7 rings (SSSR count). The van der Waals surface area contributed by atoms with E-state index in [1.54, 1.807) is 6.07 Å². The van der Waals surface area contributed by atoms with Crippen LogP contribution in [0.25, 0.3) is 22.2 Å². The molecule has 1 aliphatic carbocycles. The number of nitrogens with one attached hydrogen (secondary N) is 1. The molecule has 7 nitrogen and oxygen atoms in total. The summed E-state index contributed by atoms with van der Waals surface area (Å²) < 4.78 is 67.2. The number of carbonyl (C=O) groups is 1. The van der Waals surface area contributed by atoms with E-state index in [0.29, 0.717) is 22.5 Å². The molecule has 0 radical (unpaired) electrons. The van der Waals surface area contributed by atoms with Crippen LogP contribution >= 0.6 is 0 Å². The summed E-state index contributed by atoms with van der Waals surface area (Å²) >= 11 is 0. The summed E-state index contributed by atoms with van der Waals surface area (Å²) in [4.78, 5) is 24.4. The fourth-order valence-electron chi connectivity index (χ4n) is 7.43. The molecule has 1 aromatic heterocycles. The van der Waals surface area contributed by atoms with Gasteiger partial charge in [-0.3, -0.25) is 9.69 Å². The summed E-state index contributed by atoms with van der Waals surface area (Å²) in [5, 5.41) is 3.62. The Hall–Kier alpha value is -3.80. The summed E-state index contributed by atoms with van der Waals surface area (Å²) in [6.07, 6.45) is 2.35. The molecule has 1 N–H and O–H groups in total. The molecule has 1 amide bonds. The second kappa shape index (κ2) is 12.6. The van der Waals surface area contributed by atoms with E-state index in [1.807, 2.05) is 30.3 Å². The minimum absolute atomic E-state index is 0.0410. The van der Waals surface area contributed by atoms with Crippen LogP contribution in [-0.2, 0) is 28.1 Å². The van der Waals surface area contributed by atoms with E-state index < -0.39 is 33.0 Å². The van der Waals surface area contributed by atoms with Crippen molar-refractivity contribution in [3.63, 3.8) is 0 Å². The molecule has 0 unspecified atom stereocenters. The smallest absolute Gasteiger partial charge is 0.342 e. The number of amides is 1. The highest BCUT2D eigenvalue weighted by molar-refractivity contribution is 7.90. The monoisotopic (exact) mass is 676 g/mol. The molecule has 11 heteroatoms. The second-order valence-corrected chi connectivity index (χ2v) is 15.5. The number of nitrogens with zero attached hydrogens (tertiary/aromatic N) is 3. The van der Waals surface area contributed by atoms with Gasteiger partial charge in [-0.25, -0.2) is 13.4 Å². The standard InChI is InChI=1S/C37H39F3N4O3S/c1-48(46,47)29-12-13-32-30(23-29)33(35(45)42-36(16-17-36)26-9-3-2-4-10-26)31(24-43-20-14-28(15-21-43)44-18-5-6-19-44)34(41-32)25-8-7-11-27(22-25)37(38,39)40/h2-4,7-13,22-23,28H,5-6,14-21,24H2,1H3,(H,42,45). The van der Waals surface area contributed by atoms with Crippen molar-refractivity contribution in [3.05, 3.63) is 95.1 Å². The highest BCUT2D eigenvalue weighted by atomic mass is 32.2. The van der Waals surface area contributed by atoms with Crippen molar-refractivity contribution in [3.8, 4) is 11.3 Å². The number of benzene rings is 3. The van der Waals surface area contributed by atoms with Crippen LogP contribution < -0.4 is 5.32 Å². The summed E-state index contributed by atoms with van der Waals surface area (Å²) in [5.74, 6) is -0.399. The largest absolute Gasteiger partial charge is 0.416 e. The zero-order valence-electron chi connectivity index (χ0n) is 26.9. The maximum atomic E-state index is 14.7. The number of piperidine rings is 1. The zero-order valence-corrected chi connectivity index (χ0v) is 27.7. The third kappa shape index (κ3) is 6.60. The molecule has 3 aliphatic rings. The average molecular weight is 677 g/mol. The van der Waals surface area contributed by atoms with Crippen molar-refractivity contribution in [1.29, 1.82) is 0 Å². The van der Waals surface area contributed by atoms with E-state index in [2.05, 4.69) is 15.1 Å². The van der Waals surface area contributed by atoms with Crippen molar-refractivity contribution in [1.82, 2.24) is 20.1 Å². The molecular formula is C37H39F3N4O3S. The molecule has 0 bridgehead atoms. The van der Waals surface area contributed by atoms with Crippen LogP contribution in [0.15, 0.2) is 77.7 Å². The maximum absolute atomic E-state index is 14.7. The zero-order chi connectivity index (χ0) is 33.7. The first-order valence-corrected chi connectivity index (χ1v) is 18.5. The molecule has 3 fully saturated rings. The number of fused-ring (bicyclic) bond motifs is 1. The highest BCUT2D eigenvalue weighted by Crippen LogP contribution is 2.46. The lowest BCUT2D eigenvalue weighted by Gasteiger charge is -2.37. The Morgan fingerprint density at radius 2 is 1.65 bits per heavy atom. The van der Waals surface area contributed by atoms with E-state index in [0.717, 1.165) is 75.8 Å². The van der Waals surface area contributed by atoms with Crippen LogP contribution in [0.3, 0.4) is 0 Å². The predicted octanol–water partition coefficient (Wildman–Crippen LogP) is 6.80. The molecule has 3 heterocycles. The number of halogens is 3. The predicted molar refractivity (Wildman–Crippen MR) is 179 cm³/mol. The van der Waals surface area contributed by atoms with Crippen LogP contribution in [0, 0.1) is 0 Å². The lowest BCUT2D eigenvalue weighted by atomic mass is 9.93. The first kappa shape index (κ1) is 32.7. The fraction of sp³-hybridized carbons (Fsp3) is 0.405. The summed E-state index contributed by atoms with van der Waals surface area (Å²) in [7, 11) is -3.64. The van der Waals surface area contributed by atoms with Crippen LogP contribution in [-0.4, -0.2) is 67.6 Å². The fourth-order valence-corrected chi connectivity index (χ4v) is 8.08. The molecule has 2 saturated heterocycles. The van der Waals surface area contributed by atoms with E-state index in [1.165, 1.54) is 37.1 Å². The third-order valence-corrected chi connectivity index (χ3v) is 11.3. The van der Waals surface area contributed by atoms with Gasteiger partial charge >= 0.3 is 6.18 Å². The lowest BCUT2D eigenvalue weighted by molar-refractivity contribution is -0.137. The first-order valence-electron chi connectivity index (χ1n) is 16.6. The summed E-state index contributed by atoms with van der Waals surface area (Å²) in [6.45, 7) is 4.02. The number of sulfone groups is 1. The second-order valence-electron chi connectivity index (χ2n) is 13.5. The molecule has 4 aromatic rings. The van der Waals surface area contributed by atoms with Gasteiger partial charge in [0.05, 0.1) is 32.8 Å². The van der Waals surface area contributed by atoms with E-state index >= 15 is 0 Å². The molecule has 0 atom stereocenters. The third-order valence-electron chi connectivity index (χ3n) is 10.2. The van der Waals surface area contributed by atoms with Gasteiger partial charge in [0.1, 0.15) is 0 Å². The number of pyridine rings is 1. The summed E-state index contributed by atoms with van der Waals surface area (Å²) in [6, 6.07) is 19.7. The summed E-state index contributed by atoms with van der Waals surface area (Å²) in [5.41, 5.74) is 1.20. The van der Waals surface area contributed by atoms with Crippen molar-refractivity contribution < 1.29 is 26.4 Å². The van der Waals surface area contributed by atoms with Gasteiger partial charge in [-0.2, -0.15) is 13.2 Å². The highest BCUT2D eigenvalue weighted by Gasteiger charge is 2.46. The van der Waals surface area contributed by atoms with E-state index in [9.17, 15) is 26.4 Å². The molecule has 48 heavy (non-hydrogen) atoms. The number of hydrogen-bond acceptors (Lipinski definition) is 6. The Morgan fingerprint density at radius 3 is 2.29 bits per heavy atom. The van der Waals surface area contributed by atoms with Crippen molar-refractivity contribution in [2.24, 2.45) is 0 Å². The minimum atomic E-state index is -4.57. The minimum Gasteiger partial charge on any atom is -0.342 e. The van der Waals surface area contributed by atoms with Gasteiger partial charge in [0.25, 0.3) is 5.91 Å². The maximum Gasteiger partial charge on any atom is 0.416 e. The molecule has 2 aliphatic heterocycles. The van der Waals surface area contributed by atoms with Gasteiger partial charge in [0, 0.05) is 35.4 Å². The number of hydrogen-bond donors (Lipinski definition) is 1. The van der Waals surface area contributed by atoms with Crippen LogP contribution in [0.5, 0.6) is 0 Å². The topological polar surface area (TPSA) is 82.6 Å². The van der Waals surface area contributed by atoms with Gasteiger partial charge < -0.3 is 10.2 Å². The SMILES string of the molecule is CS(=O)(=O)c1ccc2nc(-c3cccc(C(F)(F)F)c3)c(CN3CCC(N4CCCC4)CC3)c(C(=O)NC3(c4ccccc4)CC3)c2c1. The van der Waals surface area contributed by atoms with Crippen molar-refractivity contribution in [2.45, 2.75) is 67.7 Å². The number of likely N-dealkylation sites (tertiary alicyclic amines) is 2. The number of carbonyl (C=O) groups excluding carboxylic acids is 1. The Morgan fingerprint density at radius 1 is 0.938 bits per heavy atom. The van der Waals surface area contributed by atoms with E-state index in [4.69, 9.17) is 4.98 Å². The Balaban J connectivity index is 1.38. The Labute approximate surface area is 279 Å². The van der Waals surface area contributed by atoms with Crippen LogP contribution in [0.1, 0.15) is 65.6 Å². The van der Waals surface area contributed by atoms with Crippen molar-refractivity contribution in [2.75, 3.05) is 32.4 Å². The lowest BCUT2D eigenvalue weighted by Crippen LogP contribution is -2.43. The van der Waals surface area contributed by atoms with Gasteiger partial charge in [-0.05, 0) is 101 Å². The first-order chi connectivity index (χ1) is 22.9. The van der Waals surface area contributed by atoms with Gasteiger partial charge in [-0.1, -0.05) is 42.5 Å².